The third-order valence-electron chi connectivity index (χ3n) is 0.295. The summed E-state index contributed by atoms with van der Waals surface area (Å²) in [7, 11) is 1.55. The van der Waals surface area contributed by atoms with E-state index in [1.165, 1.54) is 0 Å². The highest BCUT2D eigenvalue weighted by atomic mass is 16.5. The van der Waals surface area contributed by atoms with Crippen LogP contribution in [0.5, 0.6) is 0 Å². The molecular formula is C13H28O2. The normalized spacial score (nSPS) is 4.13. The number of aliphatic hydroxyl groups excluding tert-OH is 1. The number of aliphatic hydroxyl groups is 1. The molecule has 0 bridgehead atoms. The van der Waals surface area contributed by atoms with Crippen LogP contribution in [-0.4, -0.2) is 25.4 Å². The maximum absolute atomic E-state index is 7.94. The average Bonchev–Trinajstić information content (AvgIpc) is 2.42. The van der Waals surface area contributed by atoms with Crippen molar-refractivity contribution in [3.63, 3.8) is 0 Å². The number of methoxy groups -OCH3 is 1. The van der Waals surface area contributed by atoms with E-state index in [-0.39, 0.29) is 6.61 Å². The van der Waals surface area contributed by atoms with E-state index in [4.69, 9.17) is 5.11 Å². The first kappa shape index (κ1) is 37.4. The highest BCUT2D eigenvalue weighted by Gasteiger charge is 1.67. The molecule has 0 radical (unpaired) electrons. The molecule has 0 heterocycles. The molecule has 0 saturated heterocycles. The molecule has 0 aliphatic carbocycles. The van der Waals surface area contributed by atoms with Crippen LogP contribution in [0.25, 0.3) is 0 Å². The molecule has 2 nitrogen and oxygen atoms in total. The van der Waals surface area contributed by atoms with Gasteiger partial charge in [0, 0.05) is 7.11 Å². The van der Waals surface area contributed by atoms with Gasteiger partial charge in [-0.25, -0.2) is 0 Å². The Morgan fingerprint density at radius 1 is 0.733 bits per heavy atom. The topological polar surface area (TPSA) is 29.5 Å². The fourth-order valence-corrected chi connectivity index (χ4v) is 0.0913. The zero-order valence-corrected chi connectivity index (χ0v) is 10.3. The summed E-state index contributed by atoms with van der Waals surface area (Å²) < 4.78 is 4.44. The lowest BCUT2D eigenvalue weighted by molar-refractivity contribution is 0.135. The van der Waals surface area contributed by atoms with Crippen molar-refractivity contribution in [2.75, 3.05) is 20.3 Å². The van der Waals surface area contributed by atoms with E-state index in [0.29, 0.717) is 6.61 Å². The van der Waals surface area contributed by atoms with Crippen LogP contribution in [-0.2, 0) is 4.74 Å². The standard InChI is InChI=1S/C3H8O2.5C2H4/c1-5-3-2-4;5*1-2/h4H,2-3H2,1H3;5*1-2H2. The number of ether oxygens (including phenoxy) is 1. The van der Waals surface area contributed by atoms with Crippen molar-refractivity contribution in [1.82, 2.24) is 0 Å². The number of rotatable bonds is 2. The summed E-state index contributed by atoms with van der Waals surface area (Å²) in [6.45, 7) is 30.6. The first-order valence-corrected chi connectivity index (χ1v) is 4.01. The Labute approximate surface area is 96.6 Å². The van der Waals surface area contributed by atoms with Crippen molar-refractivity contribution in [2.24, 2.45) is 0 Å². The van der Waals surface area contributed by atoms with Crippen molar-refractivity contribution in [1.29, 1.82) is 0 Å². The van der Waals surface area contributed by atoms with Crippen LogP contribution < -0.4 is 0 Å². The van der Waals surface area contributed by atoms with Gasteiger partial charge in [0.15, 0.2) is 0 Å². The molecule has 0 unspecified atom stereocenters. The molecule has 2 heteroatoms. The Morgan fingerprint density at radius 3 is 0.933 bits per heavy atom. The Hall–Kier alpha value is -1.38. The van der Waals surface area contributed by atoms with Gasteiger partial charge in [0.1, 0.15) is 0 Å². The van der Waals surface area contributed by atoms with E-state index < -0.39 is 0 Å². The lowest BCUT2D eigenvalue weighted by Crippen LogP contribution is -1.91. The lowest BCUT2D eigenvalue weighted by atomic mass is 10.8. The van der Waals surface area contributed by atoms with Gasteiger partial charge in [0.2, 0.25) is 0 Å². The molecule has 1 N–H and O–H groups in total. The Bertz CT molecular complexity index is 42.9. The number of hydrogen-bond acceptors (Lipinski definition) is 2. The molecule has 0 aromatic heterocycles. The van der Waals surface area contributed by atoms with E-state index >= 15 is 0 Å². The van der Waals surface area contributed by atoms with Crippen molar-refractivity contribution in [3.05, 3.63) is 65.8 Å². The van der Waals surface area contributed by atoms with Gasteiger partial charge in [0.05, 0.1) is 13.2 Å². The van der Waals surface area contributed by atoms with Gasteiger partial charge in [-0.15, -0.1) is 65.8 Å². The molecule has 0 amide bonds. The van der Waals surface area contributed by atoms with E-state index in [9.17, 15) is 0 Å². The Kier molecular flexibility index (Phi) is 1620. The van der Waals surface area contributed by atoms with Crippen LogP contribution in [0.4, 0.5) is 0 Å². The molecule has 0 aliphatic rings. The fourth-order valence-electron chi connectivity index (χ4n) is 0.0913. The van der Waals surface area contributed by atoms with Crippen LogP contribution in [0.15, 0.2) is 65.8 Å². The largest absolute Gasteiger partial charge is 0.394 e. The fraction of sp³-hybridized carbons (Fsp3) is 0.231. The van der Waals surface area contributed by atoms with Crippen LogP contribution >= 0.6 is 0 Å². The Balaban J connectivity index is -0.0000000177. The highest BCUT2D eigenvalue weighted by Crippen LogP contribution is 1.56. The molecule has 0 rings (SSSR count). The third kappa shape index (κ3) is 3700. The molecule has 0 saturated carbocycles. The first-order chi connectivity index (χ1) is 7.41. The van der Waals surface area contributed by atoms with Crippen molar-refractivity contribution in [2.45, 2.75) is 0 Å². The van der Waals surface area contributed by atoms with Gasteiger partial charge < -0.3 is 9.84 Å². The maximum atomic E-state index is 7.94. The zero-order valence-electron chi connectivity index (χ0n) is 10.3. The predicted octanol–water partition coefficient (Wildman–Crippen LogP) is 3.64. The van der Waals surface area contributed by atoms with Crippen LogP contribution in [0.1, 0.15) is 0 Å². The van der Waals surface area contributed by atoms with Gasteiger partial charge in [-0.2, -0.15) is 0 Å². The van der Waals surface area contributed by atoms with E-state index in [2.05, 4.69) is 70.5 Å². The second kappa shape index (κ2) is 649. The van der Waals surface area contributed by atoms with Gasteiger partial charge in [-0.1, -0.05) is 0 Å². The van der Waals surface area contributed by atoms with Gasteiger partial charge in [0.25, 0.3) is 0 Å². The van der Waals surface area contributed by atoms with Gasteiger partial charge in [-0.3, -0.25) is 0 Å². The quantitative estimate of drug-likeness (QED) is 0.714. The van der Waals surface area contributed by atoms with E-state index in [0.717, 1.165) is 0 Å². The zero-order chi connectivity index (χ0) is 14.1. The highest BCUT2D eigenvalue weighted by molar-refractivity contribution is 4.23. The molecule has 0 aliphatic heterocycles. The van der Waals surface area contributed by atoms with Crippen molar-refractivity contribution >= 4 is 0 Å². The summed E-state index contributed by atoms with van der Waals surface area (Å²) in [5.41, 5.74) is 0. The third-order valence-corrected chi connectivity index (χ3v) is 0.295. The molecule has 0 aromatic rings. The molecule has 92 valence electrons. The van der Waals surface area contributed by atoms with Gasteiger partial charge >= 0.3 is 0 Å². The minimum Gasteiger partial charge on any atom is -0.394 e. The minimum absolute atomic E-state index is 0.122. The summed E-state index contributed by atoms with van der Waals surface area (Å²) in [5, 5.41) is 7.94. The molecule has 0 fully saturated rings. The predicted molar refractivity (Wildman–Crippen MR) is 75.2 cm³/mol. The maximum Gasteiger partial charge on any atom is 0.0693 e. The van der Waals surface area contributed by atoms with Gasteiger partial charge in [-0.05, 0) is 0 Å². The molecule has 15 heavy (non-hydrogen) atoms. The lowest BCUT2D eigenvalue weighted by Gasteiger charge is -1.84. The van der Waals surface area contributed by atoms with Crippen LogP contribution in [0, 0.1) is 0 Å². The second-order valence-electron chi connectivity index (χ2n) is 0.716. The second-order valence-corrected chi connectivity index (χ2v) is 0.716. The van der Waals surface area contributed by atoms with E-state index in [1.807, 2.05) is 0 Å². The smallest absolute Gasteiger partial charge is 0.0693 e. The molecule has 0 spiro atoms. The monoisotopic (exact) mass is 216 g/mol. The Morgan fingerprint density at radius 2 is 0.933 bits per heavy atom. The molecule has 0 aromatic carbocycles. The average molecular weight is 216 g/mol. The minimum atomic E-state index is 0.122. The van der Waals surface area contributed by atoms with Crippen LogP contribution in [0.3, 0.4) is 0 Å². The number of hydrogen-bond donors (Lipinski definition) is 1. The summed E-state index contributed by atoms with van der Waals surface area (Å²) in [4.78, 5) is 0. The van der Waals surface area contributed by atoms with Crippen molar-refractivity contribution in [3.8, 4) is 0 Å². The van der Waals surface area contributed by atoms with Crippen LogP contribution in [0.2, 0.25) is 0 Å². The SMILES string of the molecule is C=C.C=C.C=C.C=C.C=C.COCCO. The summed E-state index contributed by atoms with van der Waals surface area (Å²) in [6.07, 6.45) is 0. The van der Waals surface area contributed by atoms with E-state index in [1.54, 1.807) is 7.11 Å². The summed E-state index contributed by atoms with van der Waals surface area (Å²) in [5.74, 6) is 0. The summed E-state index contributed by atoms with van der Waals surface area (Å²) in [6, 6.07) is 0. The van der Waals surface area contributed by atoms with Crippen molar-refractivity contribution < 1.29 is 9.84 Å². The molecular weight excluding hydrogens is 188 g/mol. The molecule has 0 atom stereocenters. The summed E-state index contributed by atoms with van der Waals surface area (Å²) >= 11 is 0. The first-order valence-electron chi connectivity index (χ1n) is 4.01.